The number of aromatic amines is 2. The molecule has 80 valence electrons. The van der Waals surface area contributed by atoms with Crippen molar-refractivity contribution in [3.63, 3.8) is 0 Å². The zero-order chi connectivity index (χ0) is 11.3. The zero-order valence-electron chi connectivity index (χ0n) is 8.07. The third kappa shape index (κ3) is 3.99. The molecule has 15 heavy (non-hydrogen) atoms. The molecule has 5 nitrogen and oxygen atoms in total. The van der Waals surface area contributed by atoms with Crippen molar-refractivity contribution in [1.29, 1.82) is 0 Å². The Labute approximate surface area is 89.6 Å². The van der Waals surface area contributed by atoms with E-state index in [0.29, 0.717) is 11.3 Å². The maximum absolute atomic E-state index is 11.2. The third-order valence-electron chi connectivity index (χ3n) is 1.53. The molecule has 1 rings (SSSR count). The van der Waals surface area contributed by atoms with E-state index < -0.39 is 11.2 Å². The summed E-state index contributed by atoms with van der Waals surface area (Å²) in [6.07, 6.45) is 4.58. The van der Waals surface area contributed by atoms with Crippen LogP contribution in [-0.2, 0) is 4.79 Å². The smallest absolute Gasteiger partial charge is 0.314 e. The number of thioether (sulfide) groups is 1. The van der Waals surface area contributed by atoms with E-state index in [1.165, 1.54) is 13.1 Å². The lowest BCUT2D eigenvalue weighted by Crippen LogP contribution is -2.22. The van der Waals surface area contributed by atoms with Gasteiger partial charge in [0.05, 0.1) is 5.56 Å². The number of rotatable bonds is 3. The molecule has 2 N–H and O–H groups in total. The first kappa shape index (κ1) is 11.5. The first-order valence-electron chi connectivity index (χ1n) is 4.21. The first-order valence-corrected chi connectivity index (χ1v) is 5.20. The highest BCUT2D eigenvalue weighted by Gasteiger charge is 1.95. The summed E-state index contributed by atoms with van der Waals surface area (Å²) in [6.45, 7) is 1.48. The Balaban J connectivity index is 2.69. The van der Waals surface area contributed by atoms with Crippen LogP contribution >= 0.6 is 11.8 Å². The van der Waals surface area contributed by atoms with Crippen molar-refractivity contribution in [2.24, 2.45) is 0 Å². The number of aromatic nitrogens is 2. The van der Waals surface area contributed by atoms with Crippen molar-refractivity contribution in [3.8, 4) is 0 Å². The van der Waals surface area contributed by atoms with Gasteiger partial charge in [-0.05, 0) is 0 Å². The highest BCUT2D eigenvalue weighted by Crippen LogP contribution is 2.01. The van der Waals surface area contributed by atoms with Gasteiger partial charge in [-0.2, -0.15) is 0 Å². The van der Waals surface area contributed by atoms with Crippen molar-refractivity contribution >= 4 is 23.0 Å². The van der Waals surface area contributed by atoms with E-state index in [4.69, 9.17) is 0 Å². The minimum absolute atomic E-state index is 0.0232. The summed E-state index contributed by atoms with van der Waals surface area (Å²) in [5.41, 5.74) is -0.614. The Morgan fingerprint density at radius 1 is 1.53 bits per heavy atom. The quantitative estimate of drug-likeness (QED) is 0.779. The first-order chi connectivity index (χ1) is 7.09. The molecule has 0 radical (unpaired) electrons. The molecule has 0 spiro atoms. The van der Waals surface area contributed by atoms with Crippen LogP contribution < -0.4 is 11.2 Å². The van der Waals surface area contributed by atoms with Crippen LogP contribution in [0.1, 0.15) is 12.5 Å². The van der Waals surface area contributed by atoms with Gasteiger partial charge < -0.3 is 4.98 Å². The van der Waals surface area contributed by atoms with Crippen molar-refractivity contribution < 1.29 is 4.79 Å². The Morgan fingerprint density at radius 3 is 2.87 bits per heavy atom. The van der Waals surface area contributed by atoms with Crippen molar-refractivity contribution in [1.82, 2.24) is 9.97 Å². The lowest BCUT2D eigenvalue weighted by atomic mass is 10.3. The number of carbonyl (C=O) groups excluding carboxylic acids is 1. The lowest BCUT2D eigenvalue weighted by molar-refractivity contribution is -0.109. The van der Waals surface area contributed by atoms with Gasteiger partial charge >= 0.3 is 5.69 Å². The van der Waals surface area contributed by atoms with Crippen LogP contribution in [0.5, 0.6) is 0 Å². The van der Waals surface area contributed by atoms with Gasteiger partial charge in [0, 0.05) is 18.9 Å². The molecule has 0 bridgehead atoms. The summed E-state index contributed by atoms with van der Waals surface area (Å²) in [7, 11) is 0. The fourth-order valence-electron chi connectivity index (χ4n) is 0.885. The highest BCUT2D eigenvalue weighted by atomic mass is 32.2. The lowest BCUT2D eigenvalue weighted by Gasteiger charge is -1.91. The molecule has 0 saturated carbocycles. The van der Waals surface area contributed by atoms with Gasteiger partial charge in [0.15, 0.2) is 5.12 Å². The molecular formula is C9H10N2O3S. The van der Waals surface area contributed by atoms with Crippen LogP contribution in [0.2, 0.25) is 0 Å². The summed E-state index contributed by atoms with van der Waals surface area (Å²) in [4.78, 5) is 36.9. The summed E-state index contributed by atoms with van der Waals surface area (Å²) in [6, 6.07) is 0. The number of carbonyl (C=O) groups is 1. The second-order valence-corrected chi connectivity index (χ2v) is 3.93. The molecule has 0 aliphatic heterocycles. The number of hydrogen-bond acceptors (Lipinski definition) is 4. The fourth-order valence-corrected chi connectivity index (χ4v) is 1.31. The molecule has 0 amide bonds. The molecule has 0 atom stereocenters. The van der Waals surface area contributed by atoms with E-state index >= 15 is 0 Å². The molecule has 1 heterocycles. The van der Waals surface area contributed by atoms with Gasteiger partial charge in [-0.25, -0.2) is 4.79 Å². The molecule has 6 heteroatoms. The summed E-state index contributed by atoms with van der Waals surface area (Å²) in [5, 5.41) is 0.0232. The Morgan fingerprint density at radius 2 is 2.27 bits per heavy atom. The van der Waals surface area contributed by atoms with E-state index in [1.54, 1.807) is 12.2 Å². The van der Waals surface area contributed by atoms with Crippen LogP contribution in [0.3, 0.4) is 0 Å². The van der Waals surface area contributed by atoms with Crippen molar-refractivity contribution in [2.45, 2.75) is 6.92 Å². The monoisotopic (exact) mass is 226 g/mol. The molecule has 1 aromatic heterocycles. The molecule has 0 unspecified atom stereocenters. The van der Waals surface area contributed by atoms with E-state index in [1.807, 2.05) is 0 Å². The summed E-state index contributed by atoms with van der Waals surface area (Å²) >= 11 is 1.15. The average molecular weight is 226 g/mol. The standard InChI is InChI=1S/C9H10N2O3S/c1-6(12)15-4-2-3-7-5-10-9(14)11-8(7)13/h2-3,5H,4H2,1H3,(H2,10,11,13,14). The van der Waals surface area contributed by atoms with Crippen LogP contribution in [0.15, 0.2) is 21.9 Å². The fraction of sp³-hybridized carbons (Fsp3) is 0.222. The van der Waals surface area contributed by atoms with Crippen molar-refractivity contribution in [2.75, 3.05) is 5.75 Å². The Hall–Kier alpha value is -1.56. The molecule has 0 aliphatic rings. The van der Waals surface area contributed by atoms with Crippen LogP contribution in [0, 0.1) is 0 Å². The normalized spacial score (nSPS) is 10.7. The van der Waals surface area contributed by atoms with Crippen LogP contribution in [0.25, 0.3) is 6.08 Å². The van der Waals surface area contributed by atoms with E-state index in [-0.39, 0.29) is 5.12 Å². The predicted molar refractivity (Wildman–Crippen MR) is 59.9 cm³/mol. The zero-order valence-corrected chi connectivity index (χ0v) is 8.89. The van der Waals surface area contributed by atoms with Gasteiger partial charge in [-0.15, -0.1) is 0 Å². The Bertz CT molecular complexity index is 487. The van der Waals surface area contributed by atoms with Gasteiger partial charge in [-0.1, -0.05) is 23.9 Å². The van der Waals surface area contributed by atoms with Crippen molar-refractivity contribution in [3.05, 3.63) is 38.7 Å². The van der Waals surface area contributed by atoms with Crippen LogP contribution in [0.4, 0.5) is 0 Å². The van der Waals surface area contributed by atoms with E-state index in [0.717, 1.165) is 11.8 Å². The minimum Gasteiger partial charge on any atom is -0.314 e. The topological polar surface area (TPSA) is 82.8 Å². The van der Waals surface area contributed by atoms with Gasteiger partial charge in [0.1, 0.15) is 0 Å². The Kier molecular flexibility index (Phi) is 4.11. The van der Waals surface area contributed by atoms with Crippen LogP contribution in [-0.4, -0.2) is 20.8 Å². The molecule has 1 aromatic rings. The van der Waals surface area contributed by atoms with Gasteiger partial charge in [0.2, 0.25) is 0 Å². The predicted octanol–water partition coefficient (Wildman–Crippen LogP) is 0.356. The second-order valence-electron chi connectivity index (χ2n) is 2.73. The maximum Gasteiger partial charge on any atom is 0.325 e. The summed E-state index contributed by atoms with van der Waals surface area (Å²) in [5.74, 6) is 0.508. The molecule has 0 saturated heterocycles. The summed E-state index contributed by atoms with van der Waals surface area (Å²) < 4.78 is 0. The van der Waals surface area contributed by atoms with E-state index in [2.05, 4.69) is 9.97 Å². The number of H-pyrrole nitrogens is 2. The SMILES string of the molecule is CC(=O)SCC=Cc1c[nH]c(=O)[nH]c1=O. The van der Waals surface area contributed by atoms with Gasteiger partial charge in [0.25, 0.3) is 5.56 Å². The minimum atomic E-state index is -0.532. The average Bonchev–Trinajstić information content (AvgIpc) is 2.14. The highest BCUT2D eigenvalue weighted by molar-refractivity contribution is 8.13. The van der Waals surface area contributed by atoms with E-state index in [9.17, 15) is 14.4 Å². The molecular weight excluding hydrogens is 216 g/mol. The number of hydrogen-bond donors (Lipinski definition) is 2. The third-order valence-corrected chi connectivity index (χ3v) is 2.29. The molecule has 0 fully saturated rings. The van der Waals surface area contributed by atoms with Gasteiger partial charge in [-0.3, -0.25) is 14.6 Å². The molecule has 0 aromatic carbocycles. The molecule has 0 aliphatic carbocycles. The second kappa shape index (κ2) is 5.35. The maximum atomic E-state index is 11.2. The largest absolute Gasteiger partial charge is 0.325 e. The number of nitrogens with one attached hydrogen (secondary N) is 2.